The van der Waals surface area contributed by atoms with E-state index in [0.29, 0.717) is 18.0 Å². The summed E-state index contributed by atoms with van der Waals surface area (Å²) in [5.74, 6) is 0.0997. The van der Waals surface area contributed by atoms with Gasteiger partial charge in [0, 0.05) is 18.0 Å². The number of nitrogens with two attached hydrogens (primary N) is 1. The maximum absolute atomic E-state index is 11.6. The minimum absolute atomic E-state index is 0. The minimum Gasteiger partial charge on any atom is -0.352 e. The first-order valence-electron chi connectivity index (χ1n) is 6.43. The largest absolute Gasteiger partial charge is 0.352 e. The lowest BCUT2D eigenvalue weighted by Gasteiger charge is -2.05. The first-order chi connectivity index (χ1) is 8.72. The molecule has 0 fully saturated rings. The molecule has 0 aromatic heterocycles. The van der Waals surface area contributed by atoms with Crippen LogP contribution in [0.1, 0.15) is 37.7 Å². The monoisotopic (exact) mass is 304 g/mol. The van der Waals surface area contributed by atoms with E-state index in [4.69, 9.17) is 17.3 Å². The van der Waals surface area contributed by atoms with Crippen LogP contribution in [0.3, 0.4) is 0 Å². The zero-order valence-electron chi connectivity index (χ0n) is 11.0. The molecule has 108 valence electrons. The molecule has 0 aliphatic carbocycles. The molecule has 1 rings (SSSR count). The third-order valence-corrected chi connectivity index (χ3v) is 2.97. The molecule has 1 aromatic rings. The van der Waals surface area contributed by atoms with E-state index in [1.54, 1.807) is 0 Å². The Labute approximate surface area is 126 Å². The van der Waals surface area contributed by atoms with Crippen LogP contribution in [0.15, 0.2) is 24.3 Å². The zero-order chi connectivity index (χ0) is 13.2. The molecule has 0 spiro atoms. The second kappa shape index (κ2) is 11.1. The number of hydrogen-bond donors (Lipinski definition) is 2. The van der Waals surface area contributed by atoms with Gasteiger partial charge < -0.3 is 11.1 Å². The average Bonchev–Trinajstić information content (AvgIpc) is 2.36. The zero-order valence-corrected chi connectivity index (χ0v) is 12.6. The van der Waals surface area contributed by atoms with Gasteiger partial charge in [0.15, 0.2) is 0 Å². The summed E-state index contributed by atoms with van der Waals surface area (Å²) >= 11 is 5.87. The second-order valence-corrected chi connectivity index (χ2v) is 4.80. The van der Waals surface area contributed by atoms with Gasteiger partial charge in [0.1, 0.15) is 0 Å². The molecule has 0 heterocycles. The number of unbranched alkanes of at least 4 members (excludes halogenated alkanes) is 3. The molecular formula is C14H22Cl2N2O. The van der Waals surface area contributed by atoms with Gasteiger partial charge in [-0.2, -0.15) is 0 Å². The van der Waals surface area contributed by atoms with Crippen LogP contribution in [0.5, 0.6) is 0 Å². The van der Waals surface area contributed by atoms with Crippen LogP contribution in [-0.4, -0.2) is 12.5 Å². The van der Waals surface area contributed by atoms with Gasteiger partial charge in [-0.05, 0) is 37.1 Å². The fourth-order valence-corrected chi connectivity index (χ4v) is 1.93. The Hall–Kier alpha value is -0.770. The highest BCUT2D eigenvalue weighted by atomic mass is 35.5. The summed E-state index contributed by atoms with van der Waals surface area (Å²) in [6.07, 6.45) is 4.75. The smallest absolute Gasteiger partial charge is 0.220 e. The number of carbonyl (C=O) groups is 1. The van der Waals surface area contributed by atoms with Crippen molar-refractivity contribution < 1.29 is 4.79 Å². The summed E-state index contributed by atoms with van der Waals surface area (Å²) in [6, 6.07) is 7.53. The van der Waals surface area contributed by atoms with Gasteiger partial charge in [0.25, 0.3) is 0 Å². The van der Waals surface area contributed by atoms with Gasteiger partial charge in [-0.1, -0.05) is 36.6 Å². The van der Waals surface area contributed by atoms with E-state index < -0.39 is 0 Å². The molecule has 0 radical (unpaired) electrons. The first kappa shape index (κ1) is 18.2. The normalized spacial score (nSPS) is 9.79. The van der Waals surface area contributed by atoms with Crippen LogP contribution < -0.4 is 11.1 Å². The Balaban J connectivity index is 0.00000324. The molecule has 1 amide bonds. The van der Waals surface area contributed by atoms with Crippen LogP contribution in [0.4, 0.5) is 0 Å². The summed E-state index contributed by atoms with van der Waals surface area (Å²) in [4.78, 5) is 11.6. The molecular weight excluding hydrogens is 283 g/mol. The number of amides is 1. The lowest BCUT2D eigenvalue weighted by atomic mass is 10.1. The fraction of sp³-hybridized carbons (Fsp3) is 0.500. The van der Waals surface area contributed by atoms with Crippen LogP contribution in [0, 0.1) is 0 Å². The Morgan fingerprint density at radius 2 is 1.95 bits per heavy atom. The number of rotatable bonds is 8. The number of hydrogen-bond acceptors (Lipinski definition) is 2. The predicted molar refractivity (Wildman–Crippen MR) is 82.7 cm³/mol. The van der Waals surface area contributed by atoms with Gasteiger partial charge in [-0.25, -0.2) is 0 Å². The molecule has 1 aromatic carbocycles. The molecule has 0 aliphatic rings. The van der Waals surface area contributed by atoms with E-state index in [-0.39, 0.29) is 18.3 Å². The van der Waals surface area contributed by atoms with Gasteiger partial charge in [0.2, 0.25) is 5.91 Å². The molecule has 0 aliphatic heterocycles. The van der Waals surface area contributed by atoms with Crippen molar-refractivity contribution in [1.82, 2.24) is 5.32 Å². The third-order valence-electron chi connectivity index (χ3n) is 2.74. The molecule has 19 heavy (non-hydrogen) atoms. The molecule has 0 unspecified atom stereocenters. The van der Waals surface area contributed by atoms with E-state index in [1.807, 2.05) is 24.3 Å². The number of benzene rings is 1. The van der Waals surface area contributed by atoms with Crippen LogP contribution >= 0.6 is 24.0 Å². The molecule has 3 nitrogen and oxygen atoms in total. The maximum Gasteiger partial charge on any atom is 0.220 e. The second-order valence-electron chi connectivity index (χ2n) is 4.36. The number of carbonyl (C=O) groups excluding carboxylic acids is 1. The van der Waals surface area contributed by atoms with Gasteiger partial charge in [-0.15, -0.1) is 12.4 Å². The van der Waals surface area contributed by atoms with E-state index in [1.165, 1.54) is 0 Å². The van der Waals surface area contributed by atoms with Crippen molar-refractivity contribution >= 4 is 29.9 Å². The van der Waals surface area contributed by atoms with E-state index in [9.17, 15) is 4.79 Å². The predicted octanol–water partition coefficient (Wildman–Crippen LogP) is 3.29. The highest BCUT2D eigenvalue weighted by molar-refractivity contribution is 6.30. The highest BCUT2D eigenvalue weighted by Crippen LogP contribution is 2.10. The fourth-order valence-electron chi connectivity index (χ4n) is 1.72. The van der Waals surface area contributed by atoms with Crippen molar-refractivity contribution in [2.45, 2.75) is 38.6 Å². The summed E-state index contributed by atoms with van der Waals surface area (Å²) in [5.41, 5.74) is 6.43. The topological polar surface area (TPSA) is 55.1 Å². The SMILES string of the molecule is Cl.NCCCCCCC(=O)NCc1cccc(Cl)c1. The summed E-state index contributed by atoms with van der Waals surface area (Å²) < 4.78 is 0. The number of nitrogens with one attached hydrogen (secondary N) is 1. The molecule has 0 bridgehead atoms. The third kappa shape index (κ3) is 8.87. The minimum atomic E-state index is 0. The molecule has 0 saturated heterocycles. The Kier molecular flexibility index (Phi) is 10.6. The Morgan fingerprint density at radius 3 is 2.63 bits per heavy atom. The maximum atomic E-state index is 11.6. The molecule has 5 heteroatoms. The van der Waals surface area contributed by atoms with Gasteiger partial charge in [0.05, 0.1) is 0 Å². The Morgan fingerprint density at radius 1 is 1.21 bits per heavy atom. The quantitative estimate of drug-likeness (QED) is 0.724. The Bertz CT molecular complexity index is 372. The summed E-state index contributed by atoms with van der Waals surface area (Å²) in [6.45, 7) is 1.28. The van der Waals surface area contributed by atoms with Crippen molar-refractivity contribution in [1.29, 1.82) is 0 Å². The van der Waals surface area contributed by atoms with Crippen LogP contribution in [0.2, 0.25) is 5.02 Å². The average molecular weight is 305 g/mol. The van der Waals surface area contributed by atoms with Crippen LogP contribution in [-0.2, 0) is 11.3 Å². The van der Waals surface area contributed by atoms with Crippen LogP contribution in [0.25, 0.3) is 0 Å². The molecule has 3 N–H and O–H groups in total. The van der Waals surface area contributed by atoms with Crippen molar-refractivity contribution in [2.24, 2.45) is 5.73 Å². The lowest BCUT2D eigenvalue weighted by Crippen LogP contribution is -2.22. The van der Waals surface area contributed by atoms with Crippen molar-refractivity contribution in [3.05, 3.63) is 34.9 Å². The molecule has 0 saturated carbocycles. The van der Waals surface area contributed by atoms with Crippen molar-refractivity contribution in [2.75, 3.05) is 6.54 Å². The summed E-state index contributed by atoms with van der Waals surface area (Å²) in [7, 11) is 0. The highest BCUT2D eigenvalue weighted by Gasteiger charge is 2.01. The van der Waals surface area contributed by atoms with Crippen molar-refractivity contribution in [3.8, 4) is 0 Å². The van der Waals surface area contributed by atoms with Crippen molar-refractivity contribution in [3.63, 3.8) is 0 Å². The van der Waals surface area contributed by atoms with E-state index in [2.05, 4.69) is 5.32 Å². The van der Waals surface area contributed by atoms with E-state index in [0.717, 1.165) is 37.8 Å². The standard InChI is InChI=1S/C14H21ClN2O.ClH/c15-13-7-5-6-12(10-13)11-17-14(18)8-3-1-2-4-9-16;/h5-7,10H,1-4,8-9,11,16H2,(H,17,18);1H. The lowest BCUT2D eigenvalue weighted by molar-refractivity contribution is -0.121. The first-order valence-corrected chi connectivity index (χ1v) is 6.81. The van der Waals surface area contributed by atoms with Gasteiger partial charge in [-0.3, -0.25) is 4.79 Å². The van der Waals surface area contributed by atoms with Gasteiger partial charge >= 0.3 is 0 Å². The number of halogens is 2. The van der Waals surface area contributed by atoms with E-state index >= 15 is 0 Å². The molecule has 0 atom stereocenters. The summed E-state index contributed by atoms with van der Waals surface area (Å²) in [5, 5.41) is 3.59.